The van der Waals surface area contributed by atoms with E-state index in [0.717, 1.165) is 36.6 Å². The summed E-state index contributed by atoms with van der Waals surface area (Å²) in [5, 5.41) is 1.24. The Bertz CT molecular complexity index is 1360. The third-order valence-electron chi connectivity index (χ3n) is 6.66. The number of carbonyl (C=O) groups excluding carboxylic acids is 2. The highest BCUT2D eigenvalue weighted by Gasteiger charge is 2.28. The van der Waals surface area contributed by atoms with E-state index in [1.54, 1.807) is 59.1 Å². The molecule has 10 heteroatoms. The van der Waals surface area contributed by atoms with Crippen molar-refractivity contribution in [2.75, 3.05) is 38.7 Å². The van der Waals surface area contributed by atoms with Gasteiger partial charge in [0, 0.05) is 57.2 Å². The number of aromatic nitrogens is 2. The average Bonchev–Trinajstić information content (AvgIpc) is 3.23. The fourth-order valence-electron chi connectivity index (χ4n) is 4.56. The van der Waals surface area contributed by atoms with Crippen molar-refractivity contribution < 1.29 is 14.3 Å². The van der Waals surface area contributed by atoms with Gasteiger partial charge in [-0.15, -0.1) is 0 Å². The number of benzene rings is 1. The summed E-state index contributed by atoms with van der Waals surface area (Å²) in [5.74, 6) is 0.445. The van der Waals surface area contributed by atoms with Crippen LogP contribution >= 0.6 is 11.6 Å². The number of unbranched alkanes of at least 4 members (excludes halogenated alkanes) is 2. The molecule has 1 fully saturated rings. The molecule has 0 radical (unpaired) electrons. The van der Waals surface area contributed by atoms with Gasteiger partial charge in [-0.25, -0.2) is 14.6 Å². The molecule has 0 N–H and O–H groups in total. The van der Waals surface area contributed by atoms with Gasteiger partial charge < -0.3 is 19.1 Å². The molecule has 1 aromatic carbocycles. The van der Waals surface area contributed by atoms with Crippen LogP contribution in [0.25, 0.3) is 15.9 Å². The van der Waals surface area contributed by atoms with E-state index >= 15 is 0 Å². The van der Waals surface area contributed by atoms with Crippen LogP contribution in [0.3, 0.4) is 0 Å². The zero-order valence-electron chi connectivity index (χ0n) is 22.1. The van der Waals surface area contributed by atoms with E-state index < -0.39 is 0 Å². The third kappa shape index (κ3) is 5.86. The summed E-state index contributed by atoms with van der Waals surface area (Å²) in [5.41, 5.74) is 2.64. The highest BCUT2D eigenvalue weighted by molar-refractivity contribution is 6.35. The first-order valence-electron chi connectivity index (χ1n) is 12.9. The van der Waals surface area contributed by atoms with Gasteiger partial charge in [0.15, 0.2) is 0 Å². The maximum atomic E-state index is 13.6. The molecule has 0 bridgehead atoms. The van der Waals surface area contributed by atoms with Crippen molar-refractivity contribution in [2.45, 2.75) is 45.7 Å². The molecule has 3 heterocycles. The normalized spacial score (nSPS) is 13.6. The van der Waals surface area contributed by atoms with E-state index in [0.29, 0.717) is 54.0 Å². The van der Waals surface area contributed by atoms with E-state index in [2.05, 4.69) is 16.8 Å². The monoisotopic (exact) mass is 536 g/mol. The summed E-state index contributed by atoms with van der Waals surface area (Å²) in [7, 11) is 3.41. The lowest BCUT2D eigenvalue weighted by atomic mass is 10.1. The van der Waals surface area contributed by atoms with Crippen LogP contribution in [0.1, 0.15) is 38.2 Å². The van der Waals surface area contributed by atoms with E-state index in [9.17, 15) is 9.59 Å². The molecule has 9 nitrogen and oxygen atoms in total. The molecule has 4 rings (SSSR count). The van der Waals surface area contributed by atoms with Crippen molar-refractivity contribution >= 4 is 45.9 Å². The van der Waals surface area contributed by atoms with Gasteiger partial charge in [-0.05, 0) is 36.6 Å². The Balaban J connectivity index is 1.55. The lowest BCUT2D eigenvalue weighted by Crippen LogP contribution is -2.49. The highest BCUT2D eigenvalue weighted by atomic mass is 35.5. The number of hydrogen-bond acceptors (Lipinski definition) is 4. The minimum Gasteiger partial charge on any atom is -0.505 e. The molecule has 2 aromatic heterocycles. The van der Waals surface area contributed by atoms with Crippen molar-refractivity contribution in [2.24, 2.45) is 0 Å². The van der Waals surface area contributed by atoms with Crippen molar-refractivity contribution in [1.29, 1.82) is 0 Å². The molecule has 1 saturated heterocycles. The lowest BCUT2D eigenvalue weighted by molar-refractivity contribution is -0.129. The number of hydrogen-bond donors (Lipinski definition) is 0. The summed E-state index contributed by atoms with van der Waals surface area (Å²) in [6.45, 7) is 11.8. The summed E-state index contributed by atoms with van der Waals surface area (Å²) in [4.78, 5) is 39.0. The molecule has 3 amide bonds. The molecule has 0 saturated carbocycles. The molecular formula is C28H33ClN6O3. The zero-order valence-corrected chi connectivity index (χ0v) is 22.9. The van der Waals surface area contributed by atoms with Crippen LogP contribution in [0.2, 0.25) is 5.02 Å². The number of urea groups is 1. The van der Waals surface area contributed by atoms with E-state index in [1.807, 2.05) is 6.07 Å². The molecule has 0 spiro atoms. The lowest BCUT2D eigenvalue weighted by Gasteiger charge is -2.36. The first-order chi connectivity index (χ1) is 18.3. The van der Waals surface area contributed by atoms with Crippen molar-refractivity contribution in [3.05, 3.63) is 58.7 Å². The molecule has 0 aliphatic carbocycles. The topological polar surface area (TPSA) is 75.3 Å². The quantitative estimate of drug-likeness (QED) is 0.245. The average molecular weight is 537 g/mol. The molecule has 0 atom stereocenters. The maximum Gasteiger partial charge on any atom is 0.324 e. The molecule has 200 valence electrons. The van der Waals surface area contributed by atoms with Gasteiger partial charge in [-0.1, -0.05) is 37.4 Å². The fraction of sp³-hybridized carbons (Fsp3) is 0.429. The first kappa shape index (κ1) is 27.3. The van der Waals surface area contributed by atoms with Crippen molar-refractivity contribution in [3.63, 3.8) is 0 Å². The van der Waals surface area contributed by atoms with Crippen molar-refractivity contribution in [1.82, 2.24) is 19.4 Å². The zero-order chi connectivity index (χ0) is 27.2. The Morgan fingerprint density at radius 3 is 2.79 bits per heavy atom. The third-order valence-corrected chi connectivity index (χ3v) is 6.94. The molecule has 0 unspecified atom stereocenters. The number of amides is 3. The number of pyridine rings is 1. The minimum atomic E-state index is -0.118. The van der Waals surface area contributed by atoms with Crippen LogP contribution in [0.15, 0.2) is 36.7 Å². The van der Waals surface area contributed by atoms with Crippen LogP contribution < -0.4 is 9.64 Å². The number of halogens is 1. The molecule has 1 aliphatic heterocycles. The van der Waals surface area contributed by atoms with Gasteiger partial charge in [0.1, 0.15) is 17.9 Å². The second-order valence-corrected chi connectivity index (χ2v) is 10.00. The molecule has 1 aliphatic rings. The van der Waals surface area contributed by atoms with Gasteiger partial charge in [-0.3, -0.25) is 9.69 Å². The number of ether oxygens (including phenoxy) is 1. The second kappa shape index (κ2) is 12.2. The minimum absolute atomic E-state index is 0.0643. The van der Waals surface area contributed by atoms with Gasteiger partial charge in [-0.2, -0.15) is 0 Å². The van der Waals surface area contributed by atoms with Gasteiger partial charge >= 0.3 is 6.03 Å². The van der Waals surface area contributed by atoms with Crippen molar-refractivity contribution in [3.8, 4) is 5.75 Å². The smallest absolute Gasteiger partial charge is 0.324 e. The van der Waals surface area contributed by atoms with Crippen LogP contribution in [0.5, 0.6) is 5.75 Å². The SMILES string of the molecule is [C-]#[N+]c1ccc(N2CCCN(Cc3ccnc4c3c(Cl)cn4CC(=O)N(C)C)C2=O)cc1OCCCCC. The predicted molar refractivity (Wildman–Crippen MR) is 149 cm³/mol. The Labute approximate surface area is 228 Å². The highest BCUT2D eigenvalue weighted by Crippen LogP contribution is 2.34. The fourth-order valence-corrected chi connectivity index (χ4v) is 4.88. The first-order valence-corrected chi connectivity index (χ1v) is 13.2. The summed E-state index contributed by atoms with van der Waals surface area (Å²) in [6.07, 6.45) is 7.27. The Morgan fingerprint density at radius 1 is 1.24 bits per heavy atom. The van der Waals surface area contributed by atoms with Gasteiger partial charge in [0.05, 0.1) is 18.2 Å². The number of nitrogens with zero attached hydrogens (tertiary/aromatic N) is 6. The van der Waals surface area contributed by atoms with Crippen LogP contribution in [0, 0.1) is 6.57 Å². The van der Waals surface area contributed by atoms with Crippen LogP contribution in [0.4, 0.5) is 16.2 Å². The Hall–Kier alpha value is -3.77. The van der Waals surface area contributed by atoms with Gasteiger partial charge in [0.25, 0.3) is 0 Å². The largest absolute Gasteiger partial charge is 0.505 e. The summed E-state index contributed by atoms with van der Waals surface area (Å²) in [6, 6.07) is 7.06. The summed E-state index contributed by atoms with van der Waals surface area (Å²) >= 11 is 6.59. The number of likely N-dealkylation sites (N-methyl/N-ethyl adjacent to an activating group) is 1. The second-order valence-electron chi connectivity index (χ2n) is 9.59. The van der Waals surface area contributed by atoms with E-state index in [4.69, 9.17) is 22.9 Å². The molecular weight excluding hydrogens is 504 g/mol. The number of fused-ring (bicyclic) bond motifs is 1. The summed E-state index contributed by atoms with van der Waals surface area (Å²) < 4.78 is 7.65. The Kier molecular flexibility index (Phi) is 8.74. The van der Waals surface area contributed by atoms with E-state index in [-0.39, 0.29) is 18.5 Å². The van der Waals surface area contributed by atoms with Crippen LogP contribution in [-0.2, 0) is 17.9 Å². The standard InChI is InChI=1S/C28H33ClN6O3/c1-5-6-7-15-38-24-16-21(9-10-23(24)30-2)35-14-8-13-33(28(35)37)17-20-11-12-31-27-26(20)22(29)18-34(27)19-25(36)32(3)4/h9-12,16,18H,5-8,13-15,17,19H2,1,3-4H3. The maximum absolute atomic E-state index is 13.6. The molecule has 38 heavy (non-hydrogen) atoms. The number of rotatable bonds is 10. The number of carbonyl (C=O) groups is 2. The Morgan fingerprint density at radius 2 is 2.05 bits per heavy atom. The predicted octanol–water partition coefficient (Wildman–Crippen LogP) is 5.73. The van der Waals surface area contributed by atoms with Crippen LogP contribution in [-0.4, -0.2) is 65.1 Å². The van der Waals surface area contributed by atoms with E-state index in [1.165, 1.54) is 4.90 Å². The number of anilines is 1. The van der Waals surface area contributed by atoms with Gasteiger partial charge in [0.2, 0.25) is 11.6 Å². The molecule has 3 aromatic rings.